The SMILES string of the molecule is CCc1ccc(C(NC)C(C)(C)c2ccc(F)cc2)cc1. The van der Waals surface area contributed by atoms with E-state index in [1.165, 1.54) is 23.3 Å². The summed E-state index contributed by atoms with van der Waals surface area (Å²) in [6.07, 6.45) is 1.05. The molecule has 2 rings (SSSR count). The lowest BCUT2D eigenvalue weighted by Gasteiger charge is -2.35. The summed E-state index contributed by atoms with van der Waals surface area (Å²) in [7, 11) is 1.98. The van der Waals surface area contributed by atoms with Gasteiger partial charge in [0, 0.05) is 11.5 Å². The molecule has 0 aliphatic heterocycles. The Morgan fingerprint density at radius 1 is 1.00 bits per heavy atom. The highest BCUT2D eigenvalue weighted by atomic mass is 19.1. The van der Waals surface area contributed by atoms with E-state index in [4.69, 9.17) is 0 Å². The molecule has 0 radical (unpaired) electrons. The molecule has 112 valence electrons. The highest BCUT2D eigenvalue weighted by molar-refractivity contribution is 5.33. The van der Waals surface area contributed by atoms with E-state index < -0.39 is 0 Å². The van der Waals surface area contributed by atoms with Crippen molar-refractivity contribution < 1.29 is 4.39 Å². The first-order chi connectivity index (χ1) is 9.98. The van der Waals surface area contributed by atoms with Gasteiger partial charge in [-0.2, -0.15) is 0 Å². The highest BCUT2D eigenvalue weighted by Gasteiger charge is 2.31. The molecule has 2 aromatic carbocycles. The van der Waals surface area contributed by atoms with Gasteiger partial charge in [-0.3, -0.25) is 0 Å². The summed E-state index contributed by atoms with van der Waals surface area (Å²) < 4.78 is 13.1. The van der Waals surface area contributed by atoms with E-state index in [1.807, 2.05) is 19.2 Å². The fourth-order valence-corrected chi connectivity index (χ4v) is 2.94. The lowest BCUT2D eigenvalue weighted by molar-refractivity contribution is 0.368. The lowest BCUT2D eigenvalue weighted by atomic mass is 9.75. The summed E-state index contributed by atoms with van der Waals surface area (Å²) >= 11 is 0. The molecule has 2 aromatic rings. The first-order valence-electron chi connectivity index (χ1n) is 7.51. The maximum absolute atomic E-state index is 13.1. The molecule has 1 N–H and O–H groups in total. The van der Waals surface area contributed by atoms with Crippen molar-refractivity contribution >= 4 is 0 Å². The Kier molecular flexibility index (Phi) is 4.79. The van der Waals surface area contributed by atoms with Crippen LogP contribution < -0.4 is 5.32 Å². The number of halogens is 1. The van der Waals surface area contributed by atoms with E-state index in [0.717, 1.165) is 12.0 Å². The van der Waals surface area contributed by atoms with Crippen molar-refractivity contribution in [3.63, 3.8) is 0 Å². The number of aryl methyl sites for hydroxylation is 1. The van der Waals surface area contributed by atoms with E-state index in [-0.39, 0.29) is 17.3 Å². The Bertz CT molecular complexity index is 570. The van der Waals surface area contributed by atoms with Crippen LogP contribution in [0.5, 0.6) is 0 Å². The Balaban J connectivity index is 2.35. The van der Waals surface area contributed by atoms with E-state index >= 15 is 0 Å². The maximum Gasteiger partial charge on any atom is 0.123 e. The molecule has 1 unspecified atom stereocenters. The van der Waals surface area contributed by atoms with Crippen LogP contribution in [0.2, 0.25) is 0 Å². The molecule has 1 nitrogen and oxygen atoms in total. The average molecular weight is 285 g/mol. The van der Waals surface area contributed by atoms with Gasteiger partial charge in [0.15, 0.2) is 0 Å². The van der Waals surface area contributed by atoms with Crippen LogP contribution in [-0.4, -0.2) is 7.05 Å². The van der Waals surface area contributed by atoms with Crippen molar-refractivity contribution in [1.29, 1.82) is 0 Å². The number of nitrogens with one attached hydrogen (secondary N) is 1. The van der Waals surface area contributed by atoms with Crippen molar-refractivity contribution in [2.75, 3.05) is 7.05 Å². The van der Waals surface area contributed by atoms with Crippen LogP contribution in [0.15, 0.2) is 48.5 Å². The molecule has 0 aromatic heterocycles. The Labute approximate surface area is 127 Å². The van der Waals surface area contributed by atoms with E-state index in [0.29, 0.717) is 0 Å². The minimum Gasteiger partial charge on any atom is -0.312 e. The van der Waals surface area contributed by atoms with Crippen molar-refractivity contribution in [2.45, 2.75) is 38.6 Å². The third-order valence-electron chi connectivity index (χ3n) is 4.32. The number of benzene rings is 2. The molecular formula is C19H24FN. The second-order valence-electron chi connectivity index (χ2n) is 6.05. The van der Waals surface area contributed by atoms with Gasteiger partial charge in [0.25, 0.3) is 0 Å². The molecule has 0 fully saturated rings. The van der Waals surface area contributed by atoms with Gasteiger partial charge >= 0.3 is 0 Å². The average Bonchev–Trinajstić information content (AvgIpc) is 2.49. The molecule has 0 bridgehead atoms. The molecule has 21 heavy (non-hydrogen) atoms. The molecule has 1 atom stereocenters. The van der Waals surface area contributed by atoms with Gasteiger partial charge in [0.2, 0.25) is 0 Å². The Hall–Kier alpha value is -1.67. The first kappa shape index (κ1) is 15.7. The number of hydrogen-bond acceptors (Lipinski definition) is 1. The summed E-state index contributed by atoms with van der Waals surface area (Å²) in [6.45, 7) is 6.54. The summed E-state index contributed by atoms with van der Waals surface area (Å²) in [4.78, 5) is 0. The zero-order valence-corrected chi connectivity index (χ0v) is 13.3. The van der Waals surface area contributed by atoms with Crippen molar-refractivity contribution in [2.24, 2.45) is 0 Å². The fourth-order valence-electron chi connectivity index (χ4n) is 2.94. The van der Waals surface area contributed by atoms with Gasteiger partial charge in [-0.15, -0.1) is 0 Å². The fraction of sp³-hybridized carbons (Fsp3) is 0.368. The summed E-state index contributed by atoms with van der Waals surface area (Å²) in [5.74, 6) is -0.192. The lowest BCUT2D eigenvalue weighted by Crippen LogP contribution is -2.35. The van der Waals surface area contributed by atoms with Gasteiger partial charge in [-0.05, 0) is 42.3 Å². The molecule has 0 saturated carbocycles. The maximum atomic E-state index is 13.1. The summed E-state index contributed by atoms with van der Waals surface area (Å²) in [5, 5.41) is 3.42. The van der Waals surface area contributed by atoms with Crippen LogP contribution in [0.1, 0.15) is 43.5 Å². The van der Waals surface area contributed by atoms with Gasteiger partial charge in [-0.25, -0.2) is 4.39 Å². The summed E-state index contributed by atoms with van der Waals surface area (Å²) in [6, 6.07) is 15.7. The monoisotopic (exact) mass is 285 g/mol. The van der Waals surface area contributed by atoms with Gasteiger partial charge in [-0.1, -0.05) is 57.2 Å². The van der Waals surface area contributed by atoms with Crippen LogP contribution in [-0.2, 0) is 11.8 Å². The van der Waals surface area contributed by atoms with Crippen LogP contribution in [0, 0.1) is 5.82 Å². The molecule has 0 spiro atoms. The largest absolute Gasteiger partial charge is 0.312 e. The standard InChI is InChI=1S/C19H24FN/c1-5-14-6-8-15(9-7-14)18(21-4)19(2,3)16-10-12-17(20)13-11-16/h6-13,18,21H,5H2,1-4H3. The number of rotatable bonds is 5. The second kappa shape index (κ2) is 6.40. The number of hydrogen-bond donors (Lipinski definition) is 1. The van der Waals surface area contributed by atoms with Gasteiger partial charge in [0.05, 0.1) is 0 Å². The smallest absolute Gasteiger partial charge is 0.123 e. The Morgan fingerprint density at radius 3 is 2.05 bits per heavy atom. The minimum absolute atomic E-state index is 0.129. The predicted molar refractivity (Wildman–Crippen MR) is 87.0 cm³/mol. The van der Waals surface area contributed by atoms with Crippen molar-refractivity contribution in [1.82, 2.24) is 5.32 Å². The topological polar surface area (TPSA) is 12.0 Å². The third kappa shape index (κ3) is 3.33. The molecule has 2 heteroatoms. The molecule has 0 aliphatic rings. The predicted octanol–water partition coefficient (Wildman–Crippen LogP) is 4.63. The van der Waals surface area contributed by atoms with E-state index in [9.17, 15) is 4.39 Å². The van der Waals surface area contributed by atoms with Crippen molar-refractivity contribution in [3.8, 4) is 0 Å². The van der Waals surface area contributed by atoms with E-state index in [2.05, 4.69) is 50.4 Å². The molecular weight excluding hydrogens is 261 g/mol. The molecule has 0 heterocycles. The highest BCUT2D eigenvalue weighted by Crippen LogP contribution is 2.36. The van der Waals surface area contributed by atoms with Crippen LogP contribution >= 0.6 is 0 Å². The van der Waals surface area contributed by atoms with Gasteiger partial charge < -0.3 is 5.32 Å². The second-order valence-corrected chi connectivity index (χ2v) is 6.05. The summed E-state index contributed by atoms with van der Waals surface area (Å²) in [5.41, 5.74) is 3.59. The number of likely N-dealkylation sites (N-methyl/N-ethyl adjacent to an activating group) is 1. The van der Waals surface area contributed by atoms with Crippen LogP contribution in [0.3, 0.4) is 0 Å². The normalized spacial score (nSPS) is 13.2. The molecule has 0 saturated heterocycles. The third-order valence-corrected chi connectivity index (χ3v) is 4.32. The molecule has 0 aliphatic carbocycles. The Morgan fingerprint density at radius 2 is 1.57 bits per heavy atom. The first-order valence-corrected chi connectivity index (χ1v) is 7.51. The quantitative estimate of drug-likeness (QED) is 0.844. The van der Waals surface area contributed by atoms with E-state index in [1.54, 1.807) is 0 Å². The minimum atomic E-state index is -0.192. The van der Waals surface area contributed by atoms with Crippen LogP contribution in [0.4, 0.5) is 4.39 Å². The zero-order chi connectivity index (χ0) is 15.5. The zero-order valence-electron chi connectivity index (χ0n) is 13.3. The van der Waals surface area contributed by atoms with Crippen LogP contribution in [0.25, 0.3) is 0 Å². The van der Waals surface area contributed by atoms with Crippen molar-refractivity contribution in [3.05, 3.63) is 71.0 Å². The molecule has 0 amide bonds. The van der Waals surface area contributed by atoms with Gasteiger partial charge in [0.1, 0.15) is 5.82 Å².